The Morgan fingerprint density at radius 1 is 1.19 bits per heavy atom. The minimum absolute atomic E-state index is 0.00728. The van der Waals surface area contributed by atoms with Crippen molar-refractivity contribution in [2.24, 2.45) is 0 Å². The molecular formula is C20H19Cl2N3OS. The third-order valence-electron chi connectivity index (χ3n) is 4.47. The van der Waals surface area contributed by atoms with Crippen molar-refractivity contribution in [3.8, 4) is 6.07 Å². The second kappa shape index (κ2) is 9.36. The number of benzene rings is 2. The van der Waals surface area contributed by atoms with E-state index in [9.17, 15) is 4.79 Å². The predicted molar refractivity (Wildman–Crippen MR) is 112 cm³/mol. The number of anilines is 1. The third-order valence-corrected chi connectivity index (χ3v) is 6.21. The number of carbonyl (C=O) groups excluding carboxylic acids is 1. The number of rotatable bonds is 5. The van der Waals surface area contributed by atoms with Crippen LogP contribution in [-0.4, -0.2) is 30.8 Å². The highest BCUT2D eigenvalue weighted by atomic mass is 35.5. The average molecular weight is 420 g/mol. The molecule has 2 aromatic rings. The molecule has 140 valence electrons. The third kappa shape index (κ3) is 5.55. The van der Waals surface area contributed by atoms with Crippen molar-refractivity contribution < 1.29 is 4.79 Å². The molecule has 3 rings (SSSR count). The minimum Gasteiger partial charge on any atom is -0.371 e. The van der Waals surface area contributed by atoms with E-state index in [1.807, 2.05) is 24.3 Å². The van der Waals surface area contributed by atoms with E-state index in [0.29, 0.717) is 21.4 Å². The van der Waals surface area contributed by atoms with Gasteiger partial charge in [-0.2, -0.15) is 5.26 Å². The summed E-state index contributed by atoms with van der Waals surface area (Å²) in [5, 5.41) is 13.2. The molecule has 4 nitrogen and oxygen atoms in total. The van der Waals surface area contributed by atoms with Gasteiger partial charge < -0.3 is 10.2 Å². The van der Waals surface area contributed by atoms with Crippen molar-refractivity contribution in [2.45, 2.75) is 23.8 Å². The zero-order chi connectivity index (χ0) is 19.2. The highest BCUT2D eigenvalue weighted by Gasteiger charge is 2.21. The Labute approximate surface area is 173 Å². The summed E-state index contributed by atoms with van der Waals surface area (Å²) in [5.74, 6) is 0.323. The summed E-state index contributed by atoms with van der Waals surface area (Å²) in [7, 11) is 0. The summed E-state index contributed by atoms with van der Waals surface area (Å²) in [6, 6.07) is 15.2. The number of halogens is 2. The molecule has 0 spiro atoms. The molecule has 0 aliphatic carbocycles. The van der Waals surface area contributed by atoms with Crippen LogP contribution in [0.3, 0.4) is 0 Å². The Kier molecular flexibility index (Phi) is 6.89. The van der Waals surface area contributed by atoms with E-state index in [2.05, 4.69) is 16.3 Å². The van der Waals surface area contributed by atoms with Crippen molar-refractivity contribution in [1.82, 2.24) is 5.32 Å². The molecule has 7 heteroatoms. The van der Waals surface area contributed by atoms with Gasteiger partial charge in [-0.3, -0.25) is 4.79 Å². The first-order valence-corrected chi connectivity index (χ1v) is 10.4. The highest BCUT2D eigenvalue weighted by molar-refractivity contribution is 8.00. The quantitative estimate of drug-likeness (QED) is 0.710. The maximum atomic E-state index is 12.3. The first-order chi connectivity index (χ1) is 13.0. The fourth-order valence-corrected chi connectivity index (χ4v) is 4.33. The molecule has 1 N–H and O–H groups in total. The Hall–Kier alpha value is -1.87. The van der Waals surface area contributed by atoms with Crippen molar-refractivity contribution >= 4 is 46.6 Å². The first kappa shape index (κ1) is 19.9. The Bertz CT molecular complexity index is 843. The molecule has 2 aromatic carbocycles. The number of amides is 1. The molecular weight excluding hydrogens is 401 g/mol. The van der Waals surface area contributed by atoms with Gasteiger partial charge in [-0.15, -0.1) is 11.8 Å². The predicted octanol–water partition coefficient (Wildman–Crippen LogP) is 4.74. The highest BCUT2D eigenvalue weighted by Crippen LogP contribution is 2.29. The Morgan fingerprint density at radius 2 is 1.89 bits per heavy atom. The van der Waals surface area contributed by atoms with Gasteiger partial charge in [-0.1, -0.05) is 23.2 Å². The maximum absolute atomic E-state index is 12.3. The fourth-order valence-electron chi connectivity index (χ4n) is 3.03. The molecule has 1 fully saturated rings. The Morgan fingerprint density at radius 3 is 2.56 bits per heavy atom. The molecule has 0 atom stereocenters. The zero-order valence-corrected chi connectivity index (χ0v) is 16.9. The van der Waals surface area contributed by atoms with E-state index in [1.54, 1.807) is 18.2 Å². The molecule has 0 radical (unpaired) electrons. The van der Waals surface area contributed by atoms with Crippen LogP contribution in [0, 0.1) is 11.3 Å². The standard InChI is InChI=1S/C20H19Cl2N3OS/c21-15-3-6-18(22)19(11-15)27-13-20(26)24-16-7-9-25(10-8-16)17-4-1-14(12-23)2-5-17/h1-6,11,16H,7-10,13H2,(H,24,26). The number of nitrogens with one attached hydrogen (secondary N) is 1. The monoisotopic (exact) mass is 419 g/mol. The lowest BCUT2D eigenvalue weighted by atomic mass is 10.0. The molecule has 1 heterocycles. The van der Waals surface area contributed by atoms with Gasteiger partial charge in [0.1, 0.15) is 0 Å². The van der Waals surface area contributed by atoms with Crippen LogP contribution in [0.5, 0.6) is 0 Å². The number of nitriles is 1. The van der Waals surface area contributed by atoms with Crippen LogP contribution in [-0.2, 0) is 4.79 Å². The molecule has 1 saturated heterocycles. The second-order valence-electron chi connectivity index (χ2n) is 6.35. The molecule has 1 amide bonds. The second-order valence-corrected chi connectivity index (χ2v) is 8.21. The zero-order valence-electron chi connectivity index (χ0n) is 14.6. The molecule has 0 bridgehead atoms. The fraction of sp³-hybridized carbons (Fsp3) is 0.300. The number of thioether (sulfide) groups is 1. The average Bonchev–Trinajstić information content (AvgIpc) is 2.69. The van der Waals surface area contributed by atoms with Crippen LogP contribution in [0.2, 0.25) is 10.0 Å². The van der Waals surface area contributed by atoms with Crippen LogP contribution < -0.4 is 10.2 Å². The van der Waals surface area contributed by atoms with Crippen LogP contribution in [0.1, 0.15) is 18.4 Å². The molecule has 0 aromatic heterocycles. The smallest absolute Gasteiger partial charge is 0.230 e. The normalized spacial score (nSPS) is 14.6. The lowest BCUT2D eigenvalue weighted by Gasteiger charge is -2.34. The van der Waals surface area contributed by atoms with Gasteiger partial charge in [0, 0.05) is 34.7 Å². The van der Waals surface area contributed by atoms with Crippen LogP contribution in [0.4, 0.5) is 5.69 Å². The maximum Gasteiger partial charge on any atom is 0.230 e. The Balaban J connectivity index is 1.45. The number of nitrogens with zero attached hydrogens (tertiary/aromatic N) is 2. The van der Waals surface area contributed by atoms with Crippen molar-refractivity contribution in [1.29, 1.82) is 5.26 Å². The van der Waals surface area contributed by atoms with Gasteiger partial charge in [0.15, 0.2) is 0 Å². The van der Waals surface area contributed by atoms with E-state index >= 15 is 0 Å². The summed E-state index contributed by atoms with van der Waals surface area (Å²) in [5.41, 5.74) is 1.78. The molecule has 0 unspecified atom stereocenters. The van der Waals surface area contributed by atoms with E-state index in [0.717, 1.165) is 36.5 Å². The van der Waals surface area contributed by atoms with Gasteiger partial charge in [0.2, 0.25) is 5.91 Å². The number of hydrogen-bond donors (Lipinski definition) is 1. The van der Waals surface area contributed by atoms with Crippen LogP contribution in [0.25, 0.3) is 0 Å². The number of carbonyl (C=O) groups is 1. The van der Waals surface area contributed by atoms with Crippen LogP contribution in [0.15, 0.2) is 47.4 Å². The van der Waals surface area contributed by atoms with Gasteiger partial charge in [0.25, 0.3) is 0 Å². The van der Waals surface area contributed by atoms with Gasteiger partial charge in [-0.05, 0) is 55.3 Å². The largest absolute Gasteiger partial charge is 0.371 e. The van der Waals surface area contributed by atoms with Crippen molar-refractivity contribution in [3.63, 3.8) is 0 Å². The summed E-state index contributed by atoms with van der Waals surface area (Å²) in [6.07, 6.45) is 1.79. The van der Waals surface area contributed by atoms with Crippen molar-refractivity contribution in [2.75, 3.05) is 23.7 Å². The van der Waals surface area contributed by atoms with Gasteiger partial charge >= 0.3 is 0 Å². The van der Waals surface area contributed by atoms with Gasteiger partial charge in [0.05, 0.1) is 22.4 Å². The lowest BCUT2D eigenvalue weighted by molar-refractivity contribution is -0.119. The topological polar surface area (TPSA) is 56.1 Å². The van der Waals surface area contributed by atoms with E-state index in [1.165, 1.54) is 11.8 Å². The summed E-state index contributed by atoms with van der Waals surface area (Å²) in [4.78, 5) is 15.3. The summed E-state index contributed by atoms with van der Waals surface area (Å²) < 4.78 is 0. The van der Waals surface area contributed by atoms with E-state index in [4.69, 9.17) is 28.5 Å². The van der Waals surface area contributed by atoms with E-state index < -0.39 is 0 Å². The molecule has 0 saturated carbocycles. The van der Waals surface area contributed by atoms with E-state index in [-0.39, 0.29) is 11.9 Å². The lowest BCUT2D eigenvalue weighted by Crippen LogP contribution is -2.45. The van der Waals surface area contributed by atoms with Crippen LogP contribution >= 0.6 is 35.0 Å². The molecule has 1 aliphatic rings. The number of hydrogen-bond acceptors (Lipinski definition) is 4. The summed E-state index contributed by atoms with van der Waals surface area (Å²) in [6.45, 7) is 1.76. The molecule has 27 heavy (non-hydrogen) atoms. The SMILES string of the molecule is N#Cc1ccc(N2CCC(NC(=O)CSc3cc(Cl)ccc3Cl)CC2)cc1. The summed E-state index contributed by atoms with van der Waals surface area (Å²) >= 11 is 13.5. The van der Waals surface area contributed by atoms with Gasteiger partial charge in [-0.25, -0.2) is 0 Å². The minimum atomic E-state index is 0.00728. The number of piperidine rings is 1. The van der Waals surface area contributed by atoms with Crippen molar-refractivity contribution in [3.05, 3.63) is 58.1 Å². The molecule has 1 aliphatic heterocycles. The first-order valence-electron chi connectivity index (χ1n) is 8.67.